The first-order valence-corrected chi connectivity index (χ1v) is 8.43. The van der Waals surface area contributed by atoms with E-state index in [0.717, 1.165) is 17.9 Å². The Bertz CT molecular complexity index is 285. The summed E-state index contributed by atoms with van der Waals surface area (Å²) in [4.78, 5) is 2.77. The van der Waals surface area contributed by atoms with Gasteiger partial charge in [0.2, 0.25) is 0 Å². The second-order valence-electron chi connectivity index (χ2n) is 7.77. The molecule has 1 heterocycles. The van der Waals surface area contributed by atoms with Gasteiger partial charge in [0.25, 0.3) is 0 Å². The van der Waals surface area contributed by atoms with Crippen molar-refractivity contribution in [2.75, 3.05) is 13.1 Å². The largest absolute Gasteiger partial charge is 0.308 e. The van der Waals surface area contributed by atoms with E-state index in [1.807, 2.05) is 0 Å². The molecule has 3 atom stereocenters. The van der Waals surface area contributed by atoms with Crippen molar-refractivity contribution in [1.82, 2.24) is 10.2 Å². The minimum atomic E-state index is 0.388. The highest BCUT2D eigenvalue weighted by Crippen LogP contribution is 2.41. The van der Waals surface area contributed by atoms with Gasteiger partial charge in [0.15, 0.2) is 0 Å². The van der Waals surface area contributed by atoms with Crippen molar-refractivity contribution in [1.29, 1.82) is 0 Å². The highest BCUT2D eigenvalue weighted by atomic mass is 15.3. The molecule has 1 N–H and O–H groups in total. The van der Waals surface area contributed by atoms with Crippen LogP contribution < -0.4 is 5.32 Å². The van der Waals surface area contributed by atoms with Crippen LogP contribution in [0.15, 0.2) is 0 Å². The SMILES string of the molecule is CC(C)CCCC(C)N1CC(C)(C2CC2)NCC1C. The molecule has 0 spiro atoms. The van der Waals surface area contributed by atoms with E-state index >= 15 is 0 Å². The topological polar surface area (TPSA) is 15.3 Å². The Hall–Kier alpha value is -0.0800. The molecular weight excluding hydrogens is 232 g/mol. The summed E-state index contributed by atoms with van der Waals surface area (Å²) >= 11 is 0. The smallest absolute Gasteiger partial charge is 0.0309 e. The number of rotatable bonds is 6. The molecule has 0 radical (unpaired) electrons. The first kappa shape index (κ1) is 15.3. The lowest BCUT2D eigenvalue weighted by atomic mass is 9.89. The van der Waals surface area contributed by atoms with E-state index in [1.165, 1.54) is 45.2 Å². The van der Waals surface area contributed by atoms with Gasteiger partial charge in [-0.05, 0) is 51.9 Å². The standard InChI is InChI=1S/C17H34N2/c1-13(2)7-6-8-14(3)19-12-17(5,16-9-10-16)18-11-15(19)4/h13-16,18H,6-12H2,1-5H3. The molecule has 112 valence electrons. The molecule has 0 bridgehead atoms. The van der Waals surface area contributed by atoms with E-state index in [1.54, 1.807) is 0 Å². The summed E-state index contributed by atoms with van der Waals surface area (Å²) in [6.07, 6.45) is 7.00. The molecule has 0 aromatic rings. The third-order valence-electron chi connectivity index (χ3n) is 5.33. The third-order valence-corrected chi connectivity index (χ3v) is 5.33. The fraction of sp³-hybridized carbons (Fsp3) is 1.00. The molecule has 0 aromatic carbocycles. The van der Waals surface area contributed by atoms with Crippen LogP contribution in [0.1, 0.15) is 66.7 Å². The van der Waals surface area contributed by atoms with Gasteiger partial charge < -0.3 is 5.32 Å². The maximum absolute atomic E-state index is 3.82. The molecule has 19 heavy (non-hydrogen) atoms. The van der Waals surface area contributed by atoms with E-state index in [0.29, 0.717) is 11.6 Å². The molecule has 2 nitrogen and oxygen atoms in total. The van der Waals surface area contributed by atoms with E-state index < -0.39 is 0 Å². The Balaban J connectivity index is 1.85. The zero-order chi connectivity index (χ0) is 14.0. The van der Waals surface area contributed by atoms with Gasteiger partial charge in [0.1, 0.15) is 0 Å². The van der Waals surface area contributed by atoms with Gasteiger partial charge in [-0.2, -0.15) is 0 Å². The Labute approximate surface area is 120 Å². The summed E-state index contributed by atoms with van der Waals surface area (Å²) < 4.78 is 0. The summed E-state index contributed by atoms with van der Waals surface area (Å²) in [5, 5.41) is 3.82. The molecule has 1 saturated carbocycles. The van der Waals surface area contributed by atoms with Gasteiger partial charge in [-0.25, -0.2) is 0 Å². The number of hydrogen-bond acceptors (Lipinski definition) is 2. The maximum Gasteiger partial charge on any atom is 0.0309 e. The lowest BCUT2D eigenvalue weighted by Crippen LogP contribution is -2.64. The zero-order valence-corrected chi connectivity index (χ0v) is 13.7. The predicted molar refractivity (Wildman–Crippen MR) is 83.5 cm³/mol. The molecule has 3 unspecified atom stereocenters. The van der Waals surface area contributed by atoms with Gasteiger partial charge >= 0.3 is 0 Å². The van der Waals surface area contributed by atoms with Crippen LogP contribution in [0.4, 0.5) is 0 Å². The van der Waals surface area contributed by atoms with E-state index in [-0.39, 0.29) is 0 Å². The number of nitrogens with one attached hydrogen (secondary N) is 1. The Morgan fingerprint density at radius 1 is 1.21 bits per heavy atom. The van der Waals surface area contributed by atoms with Crippen LogP contribution in [0.25, 0.3) is 0 Å². The van der Waals surface area contributed by atoms with E-state index in [4.69, 9.17) is 0 Å². The molecule has 1 aliphatic carbocycles. The second-order valence-corrected chi connectivity index (χ2v) is 7.77. The Morgan fingerprint density at radius 2 is 1.89 bits per heavy atom. The molecule has 2 heteroatoms. The van der Waals surface area contributed by atoms with Crippen LogP contribution >= 0.6 is 0 Å². The Kier molecular flexibility index (Phi) is 4.94. The quantitative estimate of drug-likeness (QED) is 0.789. The monoisotopic (exact) mass is 266 g/mol. The van der Waals surface area contributed by atoms with Crippen LogP contribution in [0.2, 0.25) is 0 Å². The average Bonchev–Trinajstić information content (AvgIpc) is 3.16. The minimum absolute atomic E-state index is 0.388. The molecule has 0 aromatic heterocycles. The van der Waals surface area contributed by atoms with Gasteiger partial charge in [-0.3, -0.25) is 4.90 Å². The fourth-order valence-corrected chi connectivity index (χ4v) is 3.66. The Morgan fingerprint density at radius 3 is 2.47 bits per heavy atom. The number of nitrogens with zero attached hydrogens (tertiary/aromatic N) is 1. The highest BCUT2D eigenvalue weighted by molar-refractivity contribution is 5.04. The highest BCUT2D eigenvalue weighted by Gasteiger charge is 2.45. The van der Waals surface area contributed by atoms with Crippen LogP contribution in [0, 0.1) is 11.8 Å². The fourth-order valence-electron chi connectivity index (χ4n) is 3.66. The summed E-state index contributed by atoms with van der Waals surface area (Å²) in [6, 6.07) is 1.44. The van der Waals surface area contributed by atoms with Crippen molar-refractivity contribution in [3.63, 3.8) is 0 Å². The van der Waals surface area contributed by atoms with Gasteiger partial charge in [-0.15, -0.1) is 0 Å². The molecule has 0 amide bonds. The van der Waals surface area contributed by atoms with Crippen molar-refractivity contribution >= 4 is 0 Å². The van der Waals surface area contributed by atoms with E-state index in [9.17, 15) is 0 Å². The molecule has 2 fully saturated rings. The summed E-state index contributed by atoms with van der Waals surface area (Å²) in [6.45, 7) is 14.4. The first-order valence-electron chi connectivity index (χ1n) is 8.43. The first-order chi connectivity index (χ1) is 8.92. The molecule has 2 rings (SSSR count). The average molecular weight is 266 g/mol. The maximum atomic E-state index is 3.82. The second kappa shape index (κ2) is 6.13. The van der Waals surface area contributed by atoms with Gasteiger partial charge in [-0.1, -0.05) is 26.7 Å². The minimum Gasteiger partial charge on any atom is -0.308 e. The summed E-state index contributed by atoms with van der Waals surface area (Å²) in [5.41, 5.74) is 0.388. The van der Waals surface area contributed by atoms with Crippen molar-refractivity contribution in [2.45, 2.75) is 84.3 Å². The molecule has 1 saturated heterocycles. The molecular formula is C17H34N2. The van der Waals surface area contributed by atoms with Crippen molar-refractivity contribution in [2.24, 2.45) is 11.8 Å². The summed E-state index contributed by atoms with van der Waals surface area (Å²) in [5.74, 6) is 1.79. The number of hydrogen-bond donors (Lipinski definition) is 1. The van der Waals surface area contributed by atoms with Crippen LogP contribution in [-0.2, 0) is 0 Å². The van der Waals surface area contributed by atoms with Crippen molar-refractivity contribution < 1.29 is 0 Å². The van der Waals surface area contributed by atoms with E-state index in [2.05, 4.69) is 44.8 Å². The predicted octanol–water partition coefficient (Wildman–Crippen LogP) is 3.66. The normalized spacial score (nSPS) is 34.7. The van der Waals surface area contributed by atoms with Crippen LogP contribution in [0.3, 0.4) is 0 Å². The zero-order valence-electron chi connectivity index (χ0n) is 13.7. The van der Waals surface area contributed by atoms with Crippen LogP contribution in [0.5, 0.6) is 0 Å². The van der Waals surface area contributed by atoms with Crippen molar-refractivity contribution in [3.05, 3.63) is 0 Å². The molecule has 1 aliphatic heterocycles. The lowest BCUT2D eigenvalue weighted by Gasteiger charge is -2.48. The summed E-state index contributed by atoms with van der Waals surface area (Å²) in [7, 11) is 0. The van der Waals surface area contributed by atoms with Gasteiger partial charge in [0, 0.05) is 30.7 Å². The van der Waals surface area contributed by atoms with Gasteiger partial charge in [0.05, 0.1) is 0 Å². The number of piperazine rings is 1. The van der Waals surface area contributed by atoms with Crippen LogP contribution in [-0.4, -0.2) is 35.6 Å². The van der Waals surface area contributed by atoms with Crippen molar-refractivity contribution in [3.8, 4) is 0 Å². The lowest BCUT2D eigenvalue weighted by molar-refractivity contribution is 0.0479. The third kappa shape index (κ3) is 3.95. The molecule has 2 aliphatic rings.